The summed E-state index contributed by atoms with van der Waals surface area (Å²) in [6.45, 7) is 10.8. The lowest BCUT2D eigenvalue weighted by Gasteiger charge is -2.24. The van der Waals surface area contributed by atoms with Crippen LogP contribution in [0.4, 0.5) is 0 Å². The molecule has 1 aromatic carbocycles. The van der Waals surface area contributed by atoms with Crippen molar-refractivity contribution in [3.8, 4) is 11.8 Å². The molecule has 0 bridgehead atoms. The lowest BCUT2D eigenvalue weighted by molar-refractivity contribution is 0.397. The number of nitrogens with zero attached hydrogens (tertiary/aromatic N) is 1. The first-order chi connectivity index (χ1) is 8.68. The number of hydrogen-bond acceptors (Lipinski definition) is 2. The van der Waals surface area contributed by atoms with Crippen LogP contribution in [0.1, 0.15) is 52.2 Å². The van der Waals surface area contributed by atoms with E-state index in [2.05, 4.69) is 46.8 Å². The zero-order valence-electron chi connectivity index (χ0n) is 12.8. The lowest BCUT2D eigenvalue weighted by Crippen LogP contribution is -2.17. The minimum absolute atomic E-state index is 0.0109. The highest BCUT2D eigenvalue weighted by molar-refractivity contribution is 5.51. The fourth-order valence-electron chi connectivity index (χ4n) is 2.93. The van der Waals surface area contributed by atoms with Crippen molar-refractivity contribution in [1.29, 1.82) is 5.26 Å². The SMILES string of the molecule is COc1ccc(C2(C#N)CC2(C)C)cc1C(C)(C)C. The molecule has 2 rings (SSSR count). The first kappa shape index (κ1) is 13.9. The number of nitriles is 1. The minimum Gasteiger partial charge on any atom is -0.496 e. The van der Waals surface area contributed by atoms with Gasteiger partial charge >= 0.3 is 0 Å². The van der Waals surface area contributed by atoms with Crippen LogP contribution in [0, 0.1) is 16.7 Å². The summed E-state index contributed by atoms with van der Waals surface area (Å²) in [6.07, 6.45) is 0.937. The van der Waals surface area contributed by atoms with E-state index in [0.717, 1.165) is 17.7 Å². The summed E-state index contributed by atoms with van der Waals surface area (Å²) in [5, 5.41) is 9.58. The van der Waals surface area contributed by atoms with E-state index in [4.69, 9.17) is 4.74 Å². The van der Waals surface area contributed by atoms with Crippen molar-refractivity contribution < 1.29 is 4.74 Å². The van der Waals surface area contributed by atoms with Crippen LogP contribution < -0.4 is 4.74 Å². The summed E-state index contributed by atoms with van der Waals surface area (Å²) in [5.41, 5.74) is 2.07. The maximum absolute atomic E-state index is 9.58. The maximum atomic E-state index is 9.58. The van der Waals surface area contributed by atoms with Gasteiger partial charge in [0.15, 0.2) is 0 Å². The molecule has 0 N–H and O–H groups in total. The number of hydrogen-bond donors (Lipinski definition) is 0. The van der Waals surface area contributed by atoms with Crippen molar-refractivity contribution in [1.82, 2.24) is 0 Å². The molecule has 19 heavy (non-hydrogen) atoms. The van der Waals surface area contributed by atoms with Crippen LogP contribution in [0.2, 0.25) is 0 Å². The van der Waals surface area contributed by atoms with E-state index in [0.29, 0.717) is 0 Å². The van der Waals surface area contributed by atoms with E-state index in [1.54, 1.807) is 7.11 Å². The first-order valence-electron chi connectivity index (χ1n) is 6.78. The van der Waals surface area contributed by atoms with Gasteiger partial charge in [0.25, 0.3) is 0 Å². The molecular formula is C17H23NO. The van der Waals surface area contributed by atoms with Gasteiger partial charge in [0.2, 0.25) is 0 Å². The summed E-state index contributed by atoms with van der Waals surface area (Å²) < 4.78 is 5.46. The quantitative estimate of drug-likeness (QED) is 0.796. The van der Waals surface area contributed by atoms with Gasteiger partial charge in [-0.1, -0.05) is 40.7 Å². The van der Waals surface area contributed by atoms with Crippen LogP contribution in [-0.2, 0) is 10.8 Å². The number of benzene rings is 1. The molecule has 1 unspecified atom stereocenters. The molecule has 2 heteroatoms. The summed E-state index contributed by atoms with van der Waals surface area (Å²) >= 11 is 0. The third-order valence-electron chi connectivity index (χ3n) is 4.43. The smallest absolute Gasteiger partial charge is 0.122 e. The molecule has 0 amide bonds. The molecule has 0 aliphatic heterocycles. The Hall–Kier alpha value is -1.49. The third kappa shape index (κ3) is 2.02. The van der Waals surface area contributed by atoms with Crippen molar-refractivity contribution in [2.45, 2.75) is 51.9 Å². The summed E-state index contributed by atoms with van der Waals surface area (Å²) in [6, 6.07) is 8.75. The highest BCUT2D eigenvalue weighted by atomic mass is 16.5. The van der Waals surface area contributed by atoms with Crippen molar-refractivity contribution in [2.24, 2.45) is 5.41 Å². The average Bonchev–Trinajstić information content (AvgIpc) is 2.91. The largest absolute Gasteiger partial charge is 0.496 e. The average molecular weight is 257 g/mol. The van der Waals surface area contributed by atoms with Crippen LogP contribution in [-0.4, -0.2) is 7.11 Å². The molecular weight excluding hydrogens is 234 g/mol. The van der Waals surface area contributed by atoms with Gasteiger partial charge in [-0.2, -0.15) is 5.26 Å². The molecule has 0 heterocycles. The van der Waals surface area contributed by atoms with Crippen molar-refractivity contribution in [3.05, 3.63) is 29.3 Å². The number of rotatable bonds is 2. The van der Waals surface area contributed by atoms with Gasteiger partial charge in [0.1, 0.15) is 5.75 Å². The predicted octanol–water partition coefficient (Wildman–Crippen LogP) is 4.18. The van der Waals surface area contributed by atoms with E-state index in [9.17, 15) is 5.26 Å². The molecule has 1 fully saturated rings. The normalized spacial score (nSPS) is 24.7. The predicted molar refractivity (Wildman–Crippen MR) is 77.4 cm³/mol. The molecule has 1 aliphatic rings. The standard InChI is InChI=1S/C17H23NO/c1-15(2,3)13-9-12(7-8-14(13)19-6)17(11-18)10-16(17,4)5/h7-9H,10H2,1-6H3. The van der Waals surface area contributed by atoms with Gasteiger partial charge < -0.3 is 4.74 Å². The van der Waals surface area contributed by atoms with Gasteiger partial charge in [0.05, 0.1) is 18.6 Å². The molecule has 1 aliphatic carbocycles. The Bertz CT molecular complexity index is 545. The zero-order chi connectivity index (χ0) is 14.5. The molecule has 2 nitrogen and oxygen atoms in total. The van der Waals surface area contributed by atoms with Gasteiger partial charge in [-0.25, -0.2) is 0 Å². The molecule has 1 aromatic rings. The Balaban J connectivity index is 2.55. The molecule has 1 atom stereocenters. The second-order valence-corrected chi connectivity index (χ2v) is 7.24. The van der Waals surface area contributed by atoms with Crippen molar-refractivity contribution in [2.75, 3.05) is 7.11 Å². The van der Waals surface area contributed by atoms with Gasteiger partial charge in [-0.3, -0.25) is 0 Å². The van der Waals surface area contributed by atoms with Crippen molar-refractivity contribution >= 4 is 0 Å². The summed E-state index contributed by atoms with van der Waals surface area (Å²) in [4.78, 5) is 0. The van der Waals surface area contributed by atoms with E-state index in [1.165, 1.54) is 5.56 Å². The topological polar surface area (TPSA) is 33.0 Å². The van der Waals surface area contributed by atoms with Crippen LogP contribution in [0.25, 0.3) is 0 Å². The molecule has 0 spiro atoms. The Morgan fingerprint density at radius 1 is 1.26 bits per heavy atom. The molecule has 0 aromatic heterocycles. The molecule has 0 radical (unpaired) electrons. The van der Waals surface area contributed by atoms with Crippen molar-refractivity contribution in [3.63, 3.8) is 0 Å². The molecule has 0 saturated heterocycles. The summed E-state index contributed by atoms with van der Waals surface area (Å²) in [5.74, 6) is 0.905. The van der Waals surface area contributed by atoms with Crippen LogP contribution in [0.3, 0.4) is 0 Å². The first-order valence-corrected chi connectivity index (χ1v) is 6.78. The monoisotopic (exact) mass is 257 g/mol. The van der Waals surface area contributed by atoms with Gasteiger partial charge in [-0.15, -0.1) is 0 Å². The van der Waals surface area contributed by atoms with E-state index >= 15 is 0 Å². The fourth-order valence-corrected chi connectivity index (χ4v) is 2.93. The van der Waals surface area contributed by atoms with E-state index in [-0.39, 0.29) is 16.2 Å². The minimum atomic E-state index is -0.320. The Morgan fingerprint density at radius 2 is 1.84 bits per heavy atom. The lowest BCUT2D eigenvalue weighted by atomic mass is 9.81. The maximum Gasteiger partial charge on any atom is 0.122 e. The zero-order valence-corrected chi connectivity index (χ0v) is 12.8. The number of ether oxygens (including phenoxy) is 1. The third-order valence-corrected chi connectivity index (χ3v) is 4.43. The highest BCUT2D eigenvalue weighted by Crippen LogP contribution is 2.64. The second kappa shape index (κ2) is 4.00. The number of methoxy groups -OCH3 is 1. The van der Waals surface area contributed by atoms with Gasteiger partial charge in [0, 0.05) is 0 Å². The molecule has 102 valence electrons. The van der Waals surface area contributed by atoms with E-state index in [1.807, 2.05) is 12.1 Å². The Labute approximate surface area is 116 Å². The summed E-state index contributed by atoms with van der Waals surface area (Å²) in [7, 11) is 1.70. The fraction of sp³-hybridized carbons (Fsp3) is 0.588. The van der Waals surface area contributed by atoms with Crippen LogP contribution in [0.5, 0.6) is 5.75 Å². The van der Waals surface area contributed by atoms with Crippen LogP contribution >= 0.6 is 0 Å². The Morgan fingerprint density at radius 3 is 2.21 bits per heavy atom. The van der Waals surface area contributed by atoms with Crippen LogP contribution in [0.15, 0.2) is 18.2 Å². The molecule has 1 saturated carbocycles. The second-order valence-electron chi connectivity index (χ2n) is 7.24. The van der Waals surface area contributed by atoms with Gasteiger partial charge in [-0.05, 0) is 40.5 Å². The van der Waals surface area contributed by atoms with E-state index < -0.39 is 0 Å². The highest BCUT2D eigenvalue weighted by Gasteiger charge is 2.63. The Kier molecular flexibility index (Phi) is 2.93.